The SMILES string of the molecule is CC(=O)c1ccc(N(C)CCc2ccccn2)cc1O. The van der Waals surface area contributed by atoms with Crippen LogP contribution in [-0.4, -0.2) is 29.5 Å². The van der Waals surface area contributed by atoms with Crippen LogP contribution in [0, 0.1) is 0 Å². The molecule has 0 aliphatic rings. The number of carbonyl (C=O) groups excluding carboxylic acids is 1. The summed E-state index contributed by atoms with van der Waals surface area (Å²) in [5.74, 6) is -0.107. The predicted molar refractivity (Wildman–Crippen MR) is 79.3 cm³/mol. The first-order valence-corrected chi connectivity index (χ1v) is 6.53. The summed E-state index contributed by atoms with van der Waals surface area (Å²) in [6, 6.07) is 11.0. The molecule has 4 heteroatoms. The van der Waals surface area contributed by atoms with Gasteiger partial charge >= 0.3 is 0 Å². The second kappa shape index (κ2) is 6.19. The standard InChI is InChI=1S/C16H18N2O2/c1-12(19)15-7-6-14(11-16(15)20)18(2)10-8-13-5-3-4-9-17-13/h3-7,9,11,20H,8,10H2,1-2H3. The summed E-state index contributed by atoms with van der Waals surface area (Å²) >= 11 is 0. The third kappa shape index (κ3) is 3.35. The lowest BCUT2D eigenvalue weighted by atomic mass is 10.1. The number of aromatic hydroxyl groups is 1. The summed E-state index contributed by atoms with van der Waals surface area (Å²) in [6.45, 7) is 2.23. The monoisotopic (exact) mass is 270 g/mol. The van der Waals surface area contributed by atoms with E-state index in [0.717, 1.165) is 24.3 Å². The Morgan fingerprint density at radius 1 is 1.30 bits per heavy atom. The van der Waals surface area contributed by atoms with Crippen LogP contribution in [0.4, 0.5) is 5.69 Å². The molecular formula is C16H18N2O2. The second-order valence-corrected chi connectivity index (χ2v) is 4.75. The van der Waals surface area contributed by atoms with Crippen molar-refractivity contribution in [3.05, 3.63) is 53.9 Å². The Balaban J connectivity index is 2.04. The zero-order chi connectivity index (χ0) is 14.5. The Hall–Kier alpha value is -2.36. The van der Waals surface area contributed by atoms with Crippen molar-refractivity contribution in [2.24, 2.45) is 0 Å². The van der Waals surface area contributed by atoms with Gasteiger partial charge in [0.05, 0.1) is 5.56 Å². The first-order chi connectivity index (χ1) is 9.58. The molecule has 1 aromatic carbocycles. The van der Waals surface area contributed by atoms with Gasteiger partial charge in [-0.2, -0.15) is 0 Å². The minimum Gasteiger partial charge on any atom is -0.507 e. The zero-order valence-corrected chi connectivity index (χ0v) is 11.7. The number of phenols is 1. The van der Waals surface area contributed by atoms with Gasteiger partial charge in [-0.15, -0.1) is 0 Å². The molecule has 0 bridgehead atoms. The second-order valence-electron chi connectivity index (χ2n) is 4.75. The Bertz CT molecular complexity index is 597. The quantitative estimate of drug-likeness (QED) is 0.849. The average Bonchev–Trinajstić information content (AvgIpc) is 2.45. The smallest absolute Gasteiger partial charge is 0.163 e. The average molecular weight is 270 g/mol. The topological polar surface area (TPSA) is 53.4 Å². The Kier molecular flexibility index (Phi) is 4.35. The molecule has 1 aromatic heterocycles. The molecule has 0 amide bonds. The Morgan fingerprint density at radius 3 is 2.70 bits per heavy atom. The summed E-state index contributed by atoms with van der Waals surface area (Å²) in [7, 11) is 1.95. The highest BCUT2D eigenvalue weighted by atomic mass is 16.3. The number of phenolic OH excluding ortho intramolecular Hbond substituents is 1. The summed E-state index contributed by atoms with van der Waals surface area (Å²) in [4.78, 5) is 17.6. The van der Waals surface area contributed by atoms with Crippen LogP contribution in [0.25, 0.3) is 0 Å². The van der Waals surface area contributed by atoms with Gasteiger partial charge in [0.15, 0.2) is 5.78 Å². The number of hydrogen-bond acceptors (Lipinski definition) is 4. The van der Waals surface area contributed by atoms with Crippen molar-refractivity contribution in [1.82, 2.24) is 4.98 Å². The number of nitrogens with zero attached hydrogens (tertiary/aromatic N) is 2. The minimum atomic E-state index is -0.134. The van der Waals surface area contributed by atoms with Crippen LogP contribution in [0.1, 0.15) is 23.0 Å². The van der Waals surface area contributed by atoms with Gasteiger partial charge in [-0.05, 0) is 31.2 Å². The number of carbonyl (C=O) groups is 1. The van der Waals surface area contributed by atoms with Gasteiger partial charge < -0.3 is 10.0 Å². The number of likely N-dealkylation sites (N-methyl/N-ethyl adjacent to an activating group) is 1. The fourth-order valence-corrected chi connectivity index (χ4v) is 2.01. The lowest BCUT2D eigenvalue weighted by Gasteiger charge is -2.19. The zero-order valence-electron chi connectivity index (χ0n) is 11.7. The summed E-state index contributed by atoms with van der Waals surface area (Å²) in [5.41, 5.74) is 2.26. The number of pyridine rings is 1. The highest BCUT2D eigenvalue weighted by molar-refractivity contribution is 5.97. The van der Waals surface area contributed by atoms with E-state index in [4.69, 9.17) is 0 Å². The lowest BCUT2D eigenvalue weighted by Crippen LogP contribution is -2.20. The van der Waals surface area contributed by atoms with E-state index in [-0.39, 0.29) is 11.5 Å². The van der Waals surface area contributed by atoms with Crippen molar-refractivity contribution in [2.45, 2.75) is 13.3 Å². The molecule has 2 aromatic rings. The number of anilines is 1. The van der Waals surface area contributed by atoms with Crippen LogP contribution in [0.3, 0.4) is 0 Å². The van der Waals surface area contributed by atoms with Crippen molar-refractivity contribution in [2.75, 3.05) is 18.5 Å². The molecule has 4 nitrogen and oxygen atoms in total. The molecule has 0 aliphatic carbocycles. The van der Waals surface area contributed by atoms with Crippen molar-refractivity contribution in [3.8, 4) is 5.75 Å². The number of rotatable bonds is 5. The molecule has 0 saturated carbocycles. The van der Waals surface area contributed by atoms with E-state index < -0.39 is 0 Å². The number of aromatic nitrogens is 1. The van der Waals surface area contributed by atoms with Crippen molar-refractivity contribution in [3.63, 3.8) is 0 Å². The van der Waals surface area contributed by atoms with Crippen molar-refractivity contribution < 1.29 is 9.90 Å². The highest BCUT2D eigenvalue weighted by Gasteiger charge is 2.09. The number of ketones is 1. The fraction of sp³-hybridized carbons (Fsp3) is 0.250. The molecule has 0 fully saturated rings. The molecule has 1 heterocycles. The third-order valence-electron chi connectivity index (χ3n) is 3.23. The Morgan fingerprint density at radius 2 is 2.10 bits per heavy atom. The van der Waals surface area contributed by atoms with Crippen molar-refractivity contribution >= 4 is 11.5 Å². The van der Waals surface area contributed by atoms with Crippen LogP contribution in [-0.2, 0) is 6.42 Å². The van der Waals surface area contributed by atoms with Crippen LogP contribution in [0.5, 0.6) is 5.75 Å². The maximum absolute atomic E-state index is 11.3. The largest absolute Gasteiger partial charge is 0.507 e. The molecule has 1 N–H and O–H groups in total. The third-order valence-corrected chi connectivity index (χ3v) is 3.23. The molecule has 0 radical (unpaired) electrons. The van der Waals surface area contributed by atoms with E-state index in [1.165, 1.54) is 6.92 Å². The maximum Gasteiger partial charge on any atom is 0.163 e. The van der Waals surface area contributed by atoms with Gasteiger partial charge in [0.2, 0.25) is 0 Å². The molecule has 2 rings (SSSR count). The molecule has 0 atom stereocenters. The number of hydrogen-bond donors (Lipinski definition) is 1. The first-order valence-electron chi connectivity index (χ1n) is 6.53. The summed E-state index contributed by atoms with van der Waals surface area (Å²) in [6.07, 6.45) is 2.61. The van der Waals surface area contributed by atoms with E-state index >= 15 is 0 Å². The van der Waals surface area contributed by atoms with E-state index in [0.29, 0.717) is 5.56 Å². The Labute approximate surface area is 118 Å². The van der Waals surface area contributed by atoms with Gasteiger partial charge in [-0.1, -0.05) is 6.07 Å². The molecular weight excluding hydrogens is 252 g/mol. The molecule has 0 aliphatic heterocycles. The minimum absolute atomic E-state index is 0.0275. The first kappa shape index (κ1) is 14.1. The molecule has 0 spiro atoms. The normalized spacial score (nSPS) is 10.3. The fourth-order valence-electron chi connectivity index (χ4n) is 2.01. The lowest BCUT2D eigenvalue weighted by molar-refractivity contribution is 0.101. The summed E-state index contributed by atoms with van der Waals surface area (Å²) in [5, 5.41) is 9.84. The molecule has 20 heavy (non-hydrogen) atoms. The molecule has 104 valence electrons. The van der Waals surface area contributed by atoms with E-state index in [9.17, 15) is 9.90 Å². The van der Waals surface area contributed by atoms with Gasteiger partial charge in [0, 0.05) is 43.7 Å². The maximum atomic E-state index is 11.3. The van der Waals surface area contributed by atoms with E-state index in [2.05, 4.69) is 4.98 Å². The van der Waals surface area contributed by atoms with Gasteiger partial charge in [0.1, 0.15) is 5.75 Å². The van der Waals surface area contributed by atoms with Gasteiger partial charge in [-0.25, -0.2) is 0 Å². The van der Waals surface area contributed by atoms with Gasteiger partial charge in [-0.3, -0.25) is 9.78 Å². The molecule has 0 saturated heterocycles. The van der Waals surface area contributed by atoms with Crippen LogP contribution in [0.2, 0.25) is 0 Å². The van der Waals surface area contributed by atoms with Crippen LogP contribution < -0.4 is 4.90 Å². The van der Waals surface area contributed by atoms with E-state index in [1.807, 2.05) is 36.2 Å². The van der Waals surface area contributed by atoms with Crippen LogP contribution in [0.15, 0.2) is 42.6 Å². The molecule has 0 unspecified atom stereocenters. The van der Waals surface area contributed by atoms with E-state index in [1.54, 1.807) is 18.3 Å². The predicted octanol–water partition coefficient (Wildman–Crippen LogP) is 2.67. The number of benzene rings is 1. The number of Topliss-reactive ketones (excluding diaryl/α,β-unsaturated/α-hetero) is 1. The van der Waals surface area contributed by atoms with Crippen molar-refractivity contribution in [1.29, 1.82) is 0 Å². The highest BCUT2D eigenvalue weighted by Crippen LogP contribution is 2.24. The van der Waals surface area contributed by atoms with Gasteiger partial charge in [0.25, 0.3) is 0 Å². The summed E-state index contributed by atoms with van der Waals surface area (Å²) < 4.78 is 0. The van der Waals surface area contributed by atoms with Crippen LogP contribution >= 0.6 is 0 Å².